The number of fused-ring (bicyclic) bond motifs is 1. The van der Waals surface area contributed by atoms with Crippen molar-refractivity contribution in [1.29, 1.82) is 0 Å². The smallest absolute Gasteiger partial charge is 0.258 e. The summed E-state index contributed by atoms with van der Waals surface area (Å²) in [5, 5.41) is 1.85. The lowest BCUT2D eigenvalue weighted by Crippen LogP contribution is -2.30. The van der Waals surface area contributed by atoms with E-state index < -0.39 is 12.5 Å². The van der Waals surface area contributed by atoms with Crippen molar-refractivity contribution >= 4 is 10.8 Å². The van der Waals surface area contributed by atoms with Gasteiger partial charge in [-0.25, -0.2) is 8.78 Å². The third-order valence-electron chi connectivity index (χ3n) is 3.90. The zero-order chi connectivity index (χ0) is 18.4. The van der Waals surface area contributed by atoms with Crippen LogP contribution in [0.5, 0.6) is 0 Å². The highest BCUT2D eigenvalue weighted by Gasteiger charge is 2.27. The lowest BCUT2D eigenvalue weighted by atomic mass is 9.98. The topological polar surface area (TPSA) is 3.24 Å². The van der Waals surface area contributed by atoms with Gasteiger partial charge in [-0.15, -0.1) is 0 Å². The van der Waals surface area contributed by atoms with Crippen LogP contribution in [0.25, 0.3) is 10.8 Å². The predicted molar refractivity (Wildman–Crippen MR) is 102 cm³/mol. The lowest BCUT2D eigenvalue weighted by molar-refractivity contribution is 0.0430. The Balaban J connectivity index is 2.22. The van der Waals surface area contributed by atoms with E-state index in [-0.39, 0.29) is 5.41 Å². The molecule has 2 aromatic rings. The van der Waals surface area contributed by atoms with Crippen molar-refractivity contribution in [2.24, 2.45) is 5.41 Å². The molecule has 1 atom stereocenters. The Bertz CT molecular complexity index is 786. The minimum absolute atomic E-state index is 0.0648. The Morgan fingerprint density at radius 3 is 2.44 bits per heavy atom. The molecule has 0 saturated carbocycles. The molecule has 1 nitrogen and oxygen atoms in total. The molecule has 0 aromatic heterocycles. The molecule has 0 saturated heterocycles. The summed E-state index contributed by atoms with van der Waals surface area (Å²) in [6, 6.07) is 12.3. The Morgan fingerprint density at radius 2 is 1.76 bits per heavy atom. The third kappa shape index (κ3) is 5.41. The van der Waals surface area contributed by atoms with E-state index in [0.29, 0.717) is 12.1 Å². The second-order valence-electron chi connectivity index (χ2n) is 7.21. The average molecular weight is 341 g/mol. The fourth-order valence-electron chi connectivity index (χ4n) is 2.72. The fraction of sp³-hybridized carbons (Fsp3) is 0.364. The van der Waals surface area contributed by atoms with Crippen LogP contribution in [-0.4, -0.2) is 24.9 Å². The van der Waals surface area contributed by atoms with Gasteiger partial charge in [-0.05, 0) is 50.2 Å². The molecule has 132 valence electrons. The minimum atomic E-state index is -2.47. The van der Waals surface area contributed by atoms with Crippen LogP contribution in [-0.2, 0) is 0 Å². The molecule has 25 heavy (non-hydrogen) atoms. The predicted octanol–water partition coefficient (Wildman–Crippen LogP) is 5.68. The maximum Gasteiger partial charge on any atom is 0.258 e. The summed E-state index contributed by atoms with van der Waals surface area (Å²) in [5.41, 5.74) is 0.592. The Kier molecular flexibility index (Phi) is 6.33. The van der Waals surface area contributed by atoms with Gasteiger partial charge >= 0.3 is 0 Å². The molecule has 0 fully saturated rings. The van der Waals surface area contributed by atoms with Crippen molar-refractivity contribution in [3.8, 4) is 11.8 Å². The first-order valence-corrected chi connectivity index (χ1v) is 8.43. The van der Waals surface area contributed by atoms with E-state index in [4.69, 9.17) is 0 Å². The second kappa shape index (κ2) is 8.27. The number of hydrogen-bond acceptors (Lipinski definition) is 1. The Labute approximate surface area is 149 Å². The van der Waals surface area contributed by atoms with E-state index >= 15 is 0 Å². The van der Waals surface area contributed by atoms with E-state index in [1.54, 1.807) is 24.1 Å². The monoisotopic (exact) mass is 341 g/mol. The molecule has 0 aliphatic rings. The molecule has 2 aromatic carbocycles. The van der Waals surface area contributed by atoms with Gasteiger partial charge in [0.15, 0.2) is 0 Å². The van der Waals surface area contributed by atoms with Crippen LogP contribution in [0.15, 0.2) is 54.6 Å². The average Bonchev–Trinajstić information content (AvgIpc) is 2.53. The number of rotatable bonds is 5. The summed E-state index contributed by atoms with van der Waals surface area (Å²) < 4.78 is 27.6. The number of allylic oxidation sites excluding steroid dienone is 1. The van der Waals surface area contributed by atoms with Crippen molar-refractivity contribution in [2.75, 3.05) is 13.6 Å². The molecule has 0 N–H and O–H groups in total. The molecule has 0 amide bonds. The van der Waals surface area contributed by atoms with Crippen LogP contribution < -0.4 is 0 Å². The molecule has 0 aliphatic heterocycles. The van der Waals surface area contributed by atoms with Gasteiger partial charge in [0.2, 0.25) is 0 Å². The number of alkyl halides is 2. The first kappa shape index (κ1) is 19.1. The molecule has 0 heterocycles. The van der Waals surface area contributed by atoms with Gasteiger partial charge in [0.1, 0.15) is 0 Å². The Morgan fingerprint density at radius 1 is 1.08 bits per heavy atom. The summed E-state index contributed by atoms with van der Waals surface area (Å²) >= 11 is 0. The van der Waals surface area contributed by atoms with E-state index in [9.17, 15) is 8.78 Å². The summed E-state index contributed by atoms with van der Waals surface area (Å²) in [4.78, 5) is 1.67. The summed E-state index contributed by atoms with van der Waals surface area (Å²) in [5.74, 6) is 6.07. The van der Waals surface area contributed by atoms with Crippen LogP contribution in [0, 0.1) is 17.3 Å². The van der Waals surface area contributed by atoms with Crippen molar-refractivity contribution in [2.45, 2.75) is 33.2 Å². The van der Waals surface area contributed by atoms with Gasteiger partial charge < -0.3 is 0 Å². The molecule has 0 radical (unpaired) electrons. The molecule has 0 bridgehead atoms. The van der Waals surface area contributed by atoms with Crippen molar-refractivity contribution in [3.05, 3.63) is 60.2 Å². The SMILES string of the molecule is CN(C/C=C/C#CC(C)(C)C)[C@@H](c1cccc2ccccc12)C(F)F. The van der Waals surface area contributed by atoms with Crippen molar-refractivity contribution in [1.82, 2.24) is 4.90 Å². The molecule has 0 aliphatic carbocycles. The van der Waals surface area contributed by atoms with Gasteiger partial charge in [0.05, 0.1) is 6.04 Å². The number of benzene rings is 2. The lowest BCUT2D eigenvalue weighted by Gasteiger charge is -2.27. The maximum atomic E-state index is 13.8. The number of likely N-dealkylation sites (N-methyl/N-ethyl adjacent to an activating group) is 1. The zero-order valence-electron chi connectivity index (χ0n) is 15.3. The molecule has 0 unspecified atom stereocenters. The van der Waals surface area contributed by atoms with E-state index in [0.717, 1.165) is 10.8 Å². The summed E-state index contributed by atoms with van der Waals surface area (Å²) in [7, 11) is 1.72. The zero-order valence-corrected chi connectivity index (χ0v) is 15.3. The maximum absolute atomic E-state index is 13.8. The molecular formula is C22H25F2N. The van der Waals surface area contributed by atoms with Crippen LogP contribution >= 0.6 is 0 Å². The first-order valence-electron chi connectivity index (χ1n) is 8.43. The Hall–Kier alpha value is -2.18. The standard InChI is InChI=1S/C22H25F2N/c1-22(2,3)15-8-5-9-16-25(4)20(21(23)24)19-14-10-12-17-11-6-7-13-18(17)19/h5-7,9-14,20-21H,16H2,1-4H3/b9-5+/t20-/m0/s1. The fourth-order valence-corrected chi connectivity index (χ4v) is 2.72. The van der Waals surface area contributed by atoms with Gasteiger partial charge in [0, 0.05) is 12.0 Å². The van der Waals surface area contributed by atoms with Crippen molar-refractivity contribution < 1.29 is 8.78 Å². The number of nitrogens with zero attached hydrogens (tertiary/aromatic N) is 1. The van der Waals surface area contributed by atoms with Gasteiger partial charge in [0.25, 0.3) is 6.43 Å². The van der Waals surface area contributed by atoms with Crippen molar-refractivity contribution in [3.63, 3.8) is 0 Å². The minimum Gasteiger partial charge on any atom is -0.291 e. The number of hydrogen-bond donors (Lipinski definition) is 0. The second-order valence-corrected chi connectivity index (χ2v) is 7.21. The van der Waals surface area contributed by atoms with Crippen LogP contribution in [0.1, 0.15) is 32.4 Å². The third-order valence-corrected chi connectivity index (χ3v) is 3.90. The highest BCUT2D eigenvalue weighted by atomic mass is 19.3. The molecule has 0 spiro atoms. The van der Waals surface area contributed by atoms with E-state index in [1.165, 1.54) is 0 Å². The largest absolute Gasteiger partial charge is 0.291 e. The quantitative estimate of drug-likeness (QED) is 0.632. The number of halogens is 2. The van der Waals surface area contributed by atoms with Crippen LogP contribution in [0.4, 0.5) is 8.78 Å². The summed E-state index contributed by atoms with van der Waals surface area (Å²) in [6.45, 7) is 6.52. The van der Waals surface area contributed by atoms with E-state index in [2.05, 4.69) is 11.8 Å². The van der Waals surface area contributed by atoms with Crippen LogP contribution in [0.3, 0.4) is 0 Å². The van der Waals surface area contributed by atoms with Gasteiger partial charge in [-0.1, -0.05) is 60.4 Å². The normalized spacial score (nSPS) is 13.4. The first-order chi connectivity index (χ1) is 11.8. The van der Waals surface area contributed by atoms with Crippen LogP contribution in [0.2, 0.25) is 0 Å². The molecular weight excluding hydrogens is 316 g/mol. The summed E-state index contributed by atoms with van der Waals surface area (Å²) in [6.07, 6.45) is 1.11. The highest BCUT2D eigenvalue weighted by Crippen LogP contribution is 2.32. The highest BCUT2D eigenvalue weighted by molar-refractivity contribution is 5.86. The molecule has 2 rings (SSSR count). The molecule has 3 heteroatoms. The van der Waals surface area contributed by atoms with Gasteiger partial charge in [-0.2, -0.15) is 0 Å². The van der Waals surface area contributed by atoms with Gasteiger partial charge in [-0.3, -0.25) is 4.90 Å². The van der Waals surface area contributed by atoms with E-state index in [1.807, 2.05) is 63.2 Å².